The van der Waals surface area contributed by atoms with Crippen molar-refractivity contribution in [2.24, 2.45) is 5.14 Å². The van der Waals surface area contributed by atoms with Gasteiger partial charge in [-0.15, -0.1) is 5.10 Å². The van der Waals surface area contributed by atoms with E-state index in [9.17, 15) is 0 Å². The third kappa shape index (κ3) is 15.2. The smallest absolute Gasteiger partial charge is 0.144 e. The van der Waals surface area contributed by atoms with Crippen molar-refractivity contribution in [1.29, 1.82) is 0 Å². The van der Waals surface area contributed by atoms with Gasteiger partial charge in [-0.3, -0.25) is 9.35 Å². The number of benzene rings is 1. The highest BCUT2D eigenvalue weighted by Crippen LogP contribution is 1.79. The monoisotopic (exact) mass is 228 g/mol. The Balaban J connectivity index is 0.000000202. The molecule has 1 aromatic carbocycles. The molecule has 2 aromatic rings. The number of aromatic nitrogens is 2. The number of nitrogens with two attached hydrogens (primary N) is 1. The second-order valence-corrected chi connectivity index (χ2v) is 2.52. The van der Waals surface area contributed by atoms with Crippen LogP contribution in [0.1, 0.15) is 0 Å². The van der Waals surface area contributed by atoms with Crippen molar-refractivity contribution in [1.82, 2.24) is 10.4 Å². The summed E-state index contributed by atoms with van der Waals surface area (Å²) in [6.07, 6.45) is 2.88. The van der Waals surface area contributed by atoms with Gasteiger partial charge in [0.25, 0.3) is 0 Å². The van der Waals surface area contributed by atoms with Crippen LogP contribution < -0.4 is 5.14 Å². The standard InChI is InChI=1S/C6H6.C2H2N2O.H3NO2S/c1-2-4-6-5-3-1;1-2-5-4-3-1;1-4(2)3/h1-6H;1-2H;1H2,(H,2,3)/p-1. The summed E-state index contributed by atoms with van der Waals surface area (Å²) in [4.78, 5) is 0. The molecule has 1 unspecified atom stereocenters. The normalized spacial score (nSPS) is 10.0. The molecule has 6 nitrogen and oxygen atoms in total. The molecule has 1 aromatic heterocycles. The van der Waals surface area contributed by atoms with Crippen LogP contribution >= 0.6 is 0 Å². The van der Waals surface area contributed by atoms with Gasteiger partial charge in [0, 0.05) is 16.5 Å². The number of hydrogen-bond acceptors (Lipinski definition) is 5. The van der Waals surface area contributed by atoms with Crippen molar-refractivity contribution in [2.45, 2.75) is 0 Å². The van der Waals surface area contributed by atoms with Gasteiger partial charge < -0.3 is 9.08 Å². The molecule has 0 saturated heterocycles. The van der Waals surface area contributed by atoms with Gasteiger partial charge in [0.1, 0.15) is 6.26 Å². The Hall–Kier alpha value is -1.57. The van der Waals surface area contributed by atoms with E-state index in [4.69, 9.17) is 8.76 Å². The zero-order chi connectivity index (χ0) is 11.4. The fourth-order valence-electron chi connectivity index (χ4n) is 0.521. The van der Waals surface area contributed by atoms with Gasteiger partial charge in [-0.25, -0.2) is 0 Å². The van der Waals surface area contributed by atoms with Crippen molar-refractivity contribution in [3.63, 3.8) is 0 Å². The summed E-state index contributed by atoms with van der Waals surface area (Å²) in [5.41, 5.74) is 0. The van der Waals surface area contributed by atoms with E-state index in [0.717, 1.165) is 0 Å². The number of nitrogens with zero attached hydrogens (tertiary/aromatic N) is 2. The molecule has 0 aliphatic rings. The lowest BCUT2D eigenvalue weighted by atomic mass is 10.4. The zero-order valence-corrected chi connectivity index (χ0v) is 8.54. The highest BCUT2D eigenvalue weighted by molar-refractivity contribution is 7.76. The lowest BCUT2D eigenvalue weighted by Crippen LogP contribution is -1.97. The molecule has 0 aliphatic carbocycles. The first-order valence-electron chi connectivity index (χ1n) is 3.78. The van der Waals surface area contributed by atoms with Crippen molar-refractivity contribution in [3.05, 3.63) is 48.9 Å². The lowest BCUT2D eigenvalue weighted by molar-refractivity contribution is 0.393. The van der Waals surface area contributed by atoms with E-state index in [1.54, 1.807) is 0 Å². The first-order valence-corrected chi connectivity index (χ1v) is 4.92. The first kappa shape index (κ1) is 13.4. The molecule has 0 fully saturated rings. The summed E-state index contributed by atoms with van der Waals surface area (Å²) in [5.74, 6) is 0. The molecular weight excluding hydrogens is 218 g/mol. The van der Waals surface area contributed by atoms with Gasteiger partial charge in [0.05, 0.1) is 6.20 Å². The van der Waals surface area contributed by atoms with Gasteiger partial charge in [-0.2, -0.15) is 0 Å². The molecule has 0 aliphatic heterocycles. The zero-order valence-electron chi connectivity index (χ0n) is 7.72. The van der Waals surface area contributed by atoms with Crippen LogP contribution in [0.2, 0.25) is 0 Å². The van der Waals surface area contributed by atoms with Gasteiger partial charge in [0.15, 0.2) is 0 Å². The van der Waals surface area contributed by atoms with E-state index >= 15 is 0 Å². The van der Waals surface area contributed by atoms with E-state index in [-0.39, 0.29) is 0 Å². The van der Waals surface area contributed by atoms with Crippen LogP contribution in [0.3, 0.4) is 0 Å². The maximum Gasteiger partial charge on any atom is 0.144 e. The van der Waals surface area contributed by atoms with Crippen molar-refractivity contribution in [2.75, 3.05) is 0 Å². The summed E-state index contributed by atoms with van der Waals surface area (Å²) in [7, 11) is 0. The average molecular weight is 228 g/mol. The van der Waals surface area contributed by atoms with Crippen LogP contribution in [-0.4, -0.2) is 19.1 Å². The molecule has 0 bridgehead atoms. The molecule has 0 saturated carbocycles. The first-order chi connectivity index (χ1) is 7.23. The molecule has 1 heterocycles. The van der Waals surface area contributed by atoms with Gasteiger partial charge in [-0.1, -0.05) is 36.4 Å². The third-order valence-electron chi connectivity index (χ3n) is 0.949. The Kier molecular flexibility index (Phi) is 9.41. The molecule has 15 heavy (non-hydrogen) atoms. The Labute approximate surface area is 89.5 Å². The summed E-state index contributed by atoms with van der Waals surface area (Å²) in [6, 6.07) is 12.0. The van der Waals surface area contributed by atoms with E-state index in [1.807, 2.05) is 36.4 Å². The fraction of sp³-hybridized carbons (Fsp3) is 0. The Morgan fingerprint density at radius 2 is 1.53 bits per heavy atom. The van der Waals surface area contributed by atoms with Crippen molar-refractivity contribution < 1.29 is 13.3 Å². The van der Waals surface area contributed by atoms with Crippen LogP contribution in [-0.2, 0) is 11.3 Å². The fourth-order valence-corrected chi connectivity index (χ4v) is 0.521. The Morgan fingerprint density at radius 1 is 1.13 bits per heavy atom. The van der Waals surface area contributed by atoms with E-state index in [1.165, 1.54) is 12.5 Å². The number of rotatable bonds is 0. The topological polar surface area (TPSA) is 105 Å². The Morgan fingerprint density at radius 3 is 1.67 bits per heavy atom. The predicted octanol–water partition coefficient (Wildman–Crippen LogP) is 0.495. The molecule has 0 radical (unpaired) electrons. The van der Waals surface area contributed by atoms with Crippen molar-refractivity contribution >= 4 is 11.3 Å². The minimum atomic E-state index is -2.36. The molecule has 0 spiro atoms. The van der Waals surface area contributed by atoms with Crippen molar-refractivity contribution in [3.8, 4) is 0 Å². The molecule has 0 amide bonds. The molecule has 2 N–H and O–H groups in total. The van der Waals surface area contributed by atoms with Crippen LogP contribution in [0.4, 0.5) is 0 Å². The molecular formula is C8H10N3O3S-. The molecule has 7 heteroatoms. The maximum absolute atomic E-state index is 8.78. The van der Waals surface area contributed by atoms with Gasteiger partial charge in [-0.05, 0) is 0 Å². The maximum atomic E-state index is 8.78. The molecule has 1 atom stereocenters. The quantitative estimate of drug-likeness (QED) is 0.661. The largest absolute Gasteiger partial charge is 0.760 e. The van der Waals surface area contributed by atoms with E-state index in [0.29, 0.717) is 0 Å². The third-order valence-corrected chi connectivity index (χ3v) is 0.949. The van der Waals surface area contributed by atoms with Crippen LogP contribution in [0, 0.1) is 0 Å². The Bertz CT molecular complexity index is 280. The molecule has 2 rings (SSSR count). The second-order valence-electron chi connectivity index (χ2n) is 2.00. The minimum Gasteiger partial charge on any atom is -0.760 e. The highest BCUT2D eigenvalue weighted by atomic mass is 32.2. The summed E-state index contributed by atoms with van der Waals surface area (Å²) < 4.78 is 21.8. The summed E-state index contributed by atoms with van der Waals surface area (Å²) >= 11 is -2.36. The van der Waals surface area contributed by atoms with Crippen LogP contribution in [0.15, 0.2) is 53.4 Å². The summed E-state index contributed by atoms with van der Waals surface area (Å²) in [5, 5.41) is 10.4. The highest BCUT2D eigenvalue weighted by Gasteiger charge is 1.61. The van der Waals surface area contributed by atoms with Crippen LogP contribution in [0.5, 0.6) is 0 Å². The van der Waals surface area contributed by atoms with Crippen LogP contribution in [0.25, 0.3) is 0 Å². The SMILES string of the molecule is NS(=O)[O-].c1ccccc1.c1conn1. The van der Waals surface area contributed by atoms with Gasteiger partial charge >= 0.3 is 0 Å². The summed E-state index contributed by atoms with van der Waals surface area (Å²) in [6.45, 7) is 0. The van der Waals surface area contributed by atoms with Gasteiger partial charge in [0.2, 0.25) is 0 Å². The molecule has 82 valence electrons. The lowest BCUT2D eigenvalue weighted by Gasteiger charge is -1.85. The predicted molar refractivity (Wildman–Crippen MR) is 53.8 cm³/mol. The average Bonchev–Trinajstić information content (AvgIpc) is 2.77. The van der Waals surface area contributed by atoms with E-state index < -0.39 is 11.3 Å². The minimum absolute atomic E-state index is 1.40. The van der Waals surface area contributed by atoms with E-state index in [2.05, 4.69) is 20.0 Å². The second kappa shape index (κ2) is 10.5. The number of hydrogen-bond donors (Lipinski definition) is 1.